The van der Waals surface area contributed by atoms with E-state index in [1.165, 1.54) is 16.4 Å². The average molecular weight is 396 g/mol. The molecule has 0 atom stereocenters. The van der Waals surface area contributed by atoms with Crippen LogP contribution in [-0.4, -0.2) is 43.4 Å². The van der Waals surface area contributed by atoms with Crippen molar-refractivity contribution in [3.05, 3.63) is 24.0 Å². The maximum Gasteiger partial charge on any atom is 0.295 e. The van der Waals surface area contributed by atoms with Crippen molar-refractivity contribution in [1.29, 1.82) is 0 Å². The molecule has 0 unspecified atom stereocenters. The third-order valence-corrected chi connectivity index (χ3v) is 7.06. The number of anilines is 1. The molecular weight excluding hydrogens is 371 g/mol. The fourth-order valence-electron chi connectivity index (χ4n) is 3.89. The number of fused-ring (bicyclic) bond motifs is 1. The Morgan fingerprint density at radius 2 is 1.93 bits per heavy atom. The van der Waals surface area contributed by atoms with Crippen molar-refractivity contribution in [2.75, 3.05) is 25.0 Å². The van der Waals surface area contributed by atoms with Gasteiger partial charge in [0.2, 0.25) is 0 Å². The van der Waals surface area contributed by atoms with E-state index in [1.807, 2.05) is 0 Å². The topological polar surface area (TPSA) is 87.5 Å². The molecule has 2 N–H and O–H groups in total. The van der Waals surface area contributed by atoms with Crippen molar-refractivity contribution in [3.8, 4) is 0 Å². The van der Waals surface area contributed by atoms with E-state index in [1.54, 1.807) is 6.07 Å². The number of nitrogens with one attached hydrogen (secondary N) is 2. The Kier molecular flexibility index (Phi) is 5.34. The number of rotatable bonds is 6. The Balaban J connectivity index is 1.26. The summed E-state index contributed by atoms with van der Waals surface area (Å²) in [6.07, 6.45) is 5.61. The Hall–Kier alpha value is -1.71. The van der Waals surface area contributed by atoms with Gasteiger partial charge in [0.05, 0.1) is 0 Å². The van der Waals surface area contributed by atoms with Crippen LogP contribution in [0, 0.1) is 11.7 Å². The SMILES string of the molecule is O=S(=O)(NCC1CCC(Nc2nc3ccc(F)cc3o2)CC1)N1CCCC1. The van der Waals surface area contributed by atoms with E-state index in [0.717, 1.165) is 38.5 Å². The molecule has 4 rings (SSSR count). The fourth-order valence-corrected chi connectivity index (χ4v) is 5.26. The Morgan fingerprint density at radius 1 is 1.19 bits per heavy atom. The first-order valence-electron chi connectivity index (χ1n) is 9.57. The van der Waals surface area contributed by atoms with E-state index < -0.39 is 10.2 Å². The van der Waals surface area contributed by atoms with Gasteiger partial charge in [-0.15, -0.1) is 0 Å². The second-order valence-corrected chi connectivity index (χ2v) is 9.21. The highest BCUT2D eigenvalue weighted by Gasteiger charge is 2.27. The van der Waals surface area contributed by atoms with Gasteiger partial charge in [-0.05, 0) is 56.6 Å². The minimum Gasteiger partial charge on any atom is -0.423 e. The number of hydrogen-bond acceptors (Lipinski definition) is 5. The summed E-state index contributed by atoms with van der Waals surface area (Å²) in [5.74, 6) is 0.000229. The summed E-state index contributed by atoms with van der Waals surface area (Å²) in [5.41, 5.74) is 1.06. The molecule has 1 saturated heterocycles. The first kappa shape index (κ1) is 18.6. The van der Waals surface area contributed by atoms with Crippen LogP contribution >= 0.6 is 0 Å². The molecule has 1 aliphatic heterocycles. The van der Waals surface area contributed by atoms with Crippen molar-refractivity contribution in [1.82, 2.24) is 14.0 Å². The molecule has 0 spiro atoms. The van der Waals surface area contributed by atoms with Gasteiger partial charge in [0.25, 0.3) is 16.2 Å². The molecule has 2 aromatic rings. The minimum absolute atomic E-state index is 0.231. The van der Waals surface area contributed by atoms with Crippen molar-refractivity contribution < 1.29 is 17.2 Å². The molecule has 0 amide bonds. The number of aromatic nitrogens is 1. The minimum atomic E-state index is -3.33. The van der Waals surface area contributed by atoms with Crippen molar-refractivity contribution in [3.63, 3.8) is 0 Å². The average Bonchev–Trinajstić information content (AvgIpc) is 3.31. The van der Waals surface area contributed by atoms with Gasteiger partial charge < -0.3 is 9.73 Å². The van der Waals surface area contributed by atoms with Gasteiger partial charge in [-0.25, -0.2) is 9.11 Å². The second-order valence-electron chi connectivity index (χ2n) is 7.45. The maximum absolute atomic E-state index is 13.2. The second kappa shape index (κ2) is 7.73. The van der Waals surface area contributed by atoms with Gasteiger partial charge in [0.15, 0.2) is 5.58 Å². The van der Waals surface area contributed by atoms with Crippen LogP contribution in [0.25, 0.3) is 11.1 Å². The van der Waals surface area contributed by atoms with Crippen LogP contribution < -0.4 is 10.0 Å². The number of nitrogens with zero attached hydrogens (tertiary/aromatic N) is 2. The van der Waals surface area contributed by atoms with Crippen LogP contribution in [0.15, 0.2) is 22.6 Å². The zero-order chi connectivity index (χ0) is 18.9. The van der Waals surface area contributed by atoms with Gasteiger partial charge in [-0.1, -0.05) is 0 Å². The van der Waals surface area contributed by atoms with E-state index in [2.05, 4.69) is 15.0 Å². The molecule has 1 aromatic heterocycles. The molecule has 148 valence electrons. The number of oxazole rings is 1. The molecule has 1 aromatic carbocycles. The van der Waals surface area contributed by atoms with Crippen LogP contribution in [0.3, 0.4) is 0 Å². The monoisotopic (exact) mass is 396 g/mol. The molecule has 0 radical (unpaired) electrons. The lowest BCUT2D eigenvalue weighted by Gasteiger charge is -2.29. The van der Waals surface area contributed by atoms with Crippen molar-refractivity contribution >= 4 is 27.3 Å². The summed E-state index contributed by atoms with van der Waals surface area (Å²) in [4.78, 5) is 4.34. The number of hydrogen-bond donors (Lipinski definition) is 2. The van der Waals surface area contributed by atoms with Gasteiger partial charge in [0, 0.05) is 31.7 Å². The Labute approximate surface area is 158 Å². The maximum atomic E-state index is 13.2. The Morgan fingerprint density at radius 3 is 2.67 bits per heavy atom. The van der Waals surface area contributed by atoms with E-state index in [9.17, 15) is 12.8 Å². The number of halogens is 1. The molecular formula is C18H25FN4O3S. The Bertz CT molecular complexity index is 887. The highest BCUT2D eigenvalue weighted by atomic mass is 32.2. The lowest BCUT2D eigenvalue weighted by atomic mass is 9.86. The highest BCUT2D eigenvalue weighted by molar-refractivity contribution is 7.87. The van der Waals surface area contributed by atoms with E-state index >= 15 is 0 Å². The van der Waals surface area contributed by atoms with Gasteiger partial charge in [-0.2, -0.15) is 17.7 Å². The highest BCUT2D eigenvalue weighted by Crippen LogP contribution is 2.28. The molecule has 7 nitrogen and oxygen atoms in total. The van der Waals surface area contributed by atoms with Gasteiger partial charge in [-0.3, -0.25) is 0 Å². The summed E-state index contributed by atoms with van der Waals surface area (Å²) in [5, 5.41) is 3.28. The molecule has 0 bridgehead atoms. The molecule has 1 aliphatic carbocycles. The van der Waals surface area contributed by atoms with Crippen LogP contribution in [0.1, 0.15) is 38.5 Å². The summed E-state index contributed by atoms with van der Waals surface area (Å²) >= 11 is 0. The third kappa shape index (κ3) is 4.41. The molecule has 2 heterocycles. The van der Waals surface area contributed by atoms with E-state index in [4.69, 9.17) is 4.42 Å². The first-order valence-corrected chi connectivity index (χ1v) is 11.0. The largest absolute Gasteiger partial charge is 0.423 e. The normalized spacial score (nSPS) is 24.5. The quantitative estimate of drug-likeness (QED) is 0.784. The van der Waals surface area contributed by atoms with Crippen molar-refractivity contribution in [2.45, 2.75) is 44.6 Å². The molecule has 27 heavy (non-hydrogen) atoms. The van der Waals surface area contributed by atoms with Crippen molar-refractivity contribution in [2.24, 2.45) is 5.92 Å². The van der Waals surface area contributed by atoms with Gasteiger partial charge in [0.1, 0.15) is 11.3 Å². The van der Waals surface area contributed by atoms with Crippen LogP contribution in [-0.2, 0) is 10.2 Å². The van der Waals surface area contributed by atoms with Crippen LogP contribution in [0.2, 0.25) is 0 Å². The lowest BCUT2D eigenvalue weighted by Crippen LogP contribution is -2.41. The summed E-state index contributed by atoms with van der Waals surface area (Å²) < 4.78 is 47.6. The lowest BCUT2D eigenvalue weighted by molar-refractivity contribution is 0.331. The smallest absolute Gasteiger partial charge is 0.295 e. The summed E-state index contributed by atoms with van der Waals surface area (Å²) in [6.45, 7) is 1.74. The van der Waals surface area contributed by atoms with E-state index in [-0.39, 0.29) is 11.9 Å². The standard InChI is InChI=1S/C18H25FN4O3S/c19-14-5-8-16-17(11-14)26-18(22-16)21-15-6-3-13(4-7-15)12-20-27(24,25)23-9-1-2-10-23/h5,8,11,13,15,20H,1-4,6-7,9-10,12H2,(H,21,22). The van der Waals surface area contributed by atoms with E-state index in [0.29, 0.717) is 42.7 Å². The van der Waals surface area contributed by atoms with Crippen LogP contribution in [0.5, 0.6) is 0 Å². The predicted octanol–water partition coefficient (Wildman–Crippen LogP) is 2.87. The molecule has 1 saturated carbocycles. The first-order chi connectivity index (χ1) is 13.0. The molecule has 2 fully saturated rings. The summed E-state index contributed by atoms with van der Waals surface area (Å²) in [6, 6.07) is 4.94. The van der Waals surface area contributed by atoms with Gasteiger partial charge >= 0.3 is 0 Å². The zero-order valence-electron chi connectivity index (χ0n) is 15.2. The predicted molar refractivity (Wildman–Crippen MR) is 101 cm³/mol. The van der Waals surface area contributed by atoms with Crippen LogP contribution in [0.4, 0.5) is 10.4 Å². The molecule has 9 heteroatoms. The zero-order valence-corrected chi connectivity index (χ0v) is 16.0. The molecule has 2 aliphatic rings. The third-order valence-electron chi connectivity index (χ3n) is 5.48. The summed E-state index contributed by atoms with van der Waals surface area (Å²) in [7, 11) is -3.33. The number of benzene rings is 1. The fraction of sp³-hybridized carbons (Fsp3) is 0.611.